The molecule has 2 amide bonds. The largest absolute Gasteiger partial charge is 0.437 e. The second kappa shape index (κ2) is 10.3. The summed E-state index contributed by atoms with van der Waals surface area (Å²) in [6.45, 7) is 3.96. The van der Waals surface area contributed by atoms with Gasteiger partial charge in [0.05, 0.1) is 4.88 Å². The van der Waals surface area contributed by atoms with Crippen LogP contribution in [0.15, 0.2) is 42.6 Å². The number of nitrogens with two attached hydrogens (primary N) is 1. The number of hydrogen-bond donors (Lipinski definition) is 4. The molecule has 0 radical (unpaired) electrons. The highest BCUT2D eigenvalue weighted by atomic mass is 32.1. The van der Waals surface area contributed by atoms with E-state index in [4.69, 9.17) is 5.73 Å². The Hall–Kier alpha value is -3.73. The second-order valence-corrected chi connectivity index (χ2v) is 7.53. The molecule has 0 unspecified atom stereocenters. The second-order valence-electron chi connectivity index (χ2n) is 6.50. The molecule has 10 nitrogen and oxygen atoms in total. The molecular formula is C20H23N7O3S. The van der Waals surface area contributed by atoms with Crippen LogP contribution >= 0.6 is 11.3 Å². The minimum Gasteiger partial charge on any atom is -0.437 e. The van der Waals surface area contributed by atoms with Gasteiger partial charge < -0.3 is 26.4 Å². The first-order chi connectivity index (χ1) is 14.9. The normalized spacial score (nSPS) is 11.4. The molecule has 0 spiro atoms. The van der Waals surface area contributed by atoms with Crippen LogP contribution in [-0.2, 0) is 9.53 Å². The third-order valence-electron chi connectivity index (χ3n) is 4.03. The maximum absolute atomic E-state index is 11.8. The molecule has 3 rings (SSSR count). The van der Waals surface area contributed by atoms with Gasteiger partial charge in [-0.05, 0) is 19.4 Å². The first-order valence-corrected chi connectivity index (χ1v) is 10.3. The summed E-state index contributed by atoms with van der Waals surface area (Å²) in [6.07, 6.45) is -0.122. The van der Waals surface area contributed by atoms with Crippen molar-refractivity contribution in [1.82, 2.24) is 20.3 Å². The summed E-state index contributed by atoms with van der Waals surface area (Å²) in [5.74, 6) is 1.36. The number of amides is 2. The molecule has 5 N–H and O–H groups in total. The minimum absolute atomic E-state index is 0.310. The molecular weight excluding hydrogens is 418 g/mol. The van der Waals surface area contributed by atoms with Gasteiger partial charge in [0.15, 0.2) is 11.2 Å². The molecule has 0 fully saturated rings. The number of ether oxygens (including phenoxy) is 1. The van der Waals surface area contributed by atoms with Crippen molar-refractivity contribution in [3.05, 3.63) is 48.4 Å². The fourth-order valence-electron chi connectivity index (χ4n) is 2.65. The van der Waals surface area contributed by atoms with E-state index in [9.17, 15) is 9.59 Å². The highest BCUT2D eigenvalue weighted by Gasteiger charge is 2.15. The molecule has 0 aliphatic heterocycles. The van der Waals surface area contributed by atoms with Gasteiger partial charge in [-0.2, -0.15) is 0 Å². The van der Waals surface area contributed by atoms with Crippen LogP contribution in [0.1, 0.15) is 12.7 Å². The monoisotopic (exact) mass is 441 g/mol. The van der Waals surface area contributed by atoms with E-state index in [0.717, 1.165) is 15.6 Å². The van der Waals surface area contributed by atoms with Crippen molar-refractivity contribution in [2.24, 2.45) is 5.73 Å². The predicted molar refractivity (Wildman–Crippen MR) is 119 cm³/mol. The van der Waals surface area contributed by atoms with Crippen LogP contribution in [0, 0.1) is 6.92 Å². The number of thiazole rings is 1. The van der Waals surface area contributed by atoms with Gasteiger partial charge in [-0.15, -0.1) is 0 Å². The molecule has 31 heavy (non-hydrogen) atoms. The fourth-order valence-corrected chi connectivity index (χ4v) is 3.48. The third-order valence-corrected chi connectivity index (χ3v) is 4.99. The van der Waals surface area contributed by atoms with Gasteiger partial charge in [0.1, 0.15) is 17.5 Å². The number of nitrogens with one attached hydrogen (secondary N) is 3. The summed E-state index contributed by atoms with van der Waals surface area (Å²) in [5, 5.41) is 9.69. The Labute approximate surface area is 183 Å². The van der Waals surface area contributed by atoms with E-state index < -0.39 is 18.1 Å². The Morgan fingerprint density at radius 3 is 2.65 bits per heavy atom. The zero-order valence-corrected chi connectivity index (χ0v) is 17.9. The molecule has 1 aromatic carbocycles. The highest BCUT2D eigenvalue weighted by Crippen LogP contribution is 2.30. The van der Waals surface area contributed by atoms with Crippen molar-refractivity contribution in [2.45, 2.75) is 20.0 Å². The van der Waals surface area contributed by atoms with Gasteiger partial charge in [-0.1, -0.05) is 41.7 Å². The summed E-state index contributed by atoms with van der Waals surface area (Å²) >= 11 is 1.53. The van der Waals surface area contributed by atoms with Gasteiger partial charge >= 0.3 is 6.09 Å². The van der Waals surface area contributed by atoms with Crippen LogP contribution in [0.5, 0.6) is 0 Å². The number of hydrogen-bond acceptors (Lipinski definition) is 9. The number of aromatic nitrogens is 3. The number of anilines is 3. The lowest BCUT2D eigenvalue weighted by Crippen LogP contribution is -2.39. The van der Waals surface area contributed by atoms with Crippen molar-refractivity contribution in [3.8, 4) is 10.4 Å². The summed E-state index contributed by atoms with van der Waals surface area (Å²) < 4.78 is 4.62. The highest BCUT2D eigenvalue weighted by molar-refractivity contribution is 7.18. The summed E-state index contributed by atoms with van der Waals surface area (Å²) in [5.41, 5.74) is 6.00. The quantitative estimate of drug-likeness (QED) is 0.371. The van der Waals surface area contributed by atoms with Gasteiger partial charge in [-0.25, -0.2) is 19.7 Å². The predicted octanol–water partition coefficient (Wildman–Crippen LogP) is 2.66. The van der Waals surface area contributed by atoms with Crippen LogP contribution in [-0.4, -0.2) is 46.1 Å². The number of rotatable bonds is 9. The van der Waals surface area contributed by atoms with Crippen LogP contribution in [0.25, 0.3) is 10.4 Å². The topological polar surface area (TPSA) is 144 Å². The molecule has 0 bridgehead atoms. The number of benzene rings is 1. The Kier molecular flexibility index (Phi) is 7.33. The molecule has 0 saturated carbocycles. The Bertz CT molecular complexity index is 1040. The van der Waals surface area contributed by atoms with Crippen molar-refractivity contribution in [2.75, 3.05) is 23.7 Å². The molecule has 1 atom stereocenters. The van der Waals surface area contributed by atoms with Crippen LogP contribution in [0.2, 0.25) is 0 Å². The van der Waals surface area contributed by atoms with E-state index in [1.54, 1.807) is 13.0 Å². The maximum atomic E-state index is 11.8. The Balaban J connectivity index is 1.54. The van der Waals surface area contributed by atoms with Crippen LogP contribution < -0.4 is 21.7 Å². The molecule has 0 aliphatic rings. The van der Waals surface area contributed by atoms with Crippen molar-refractivity contribution in [1.29, 1.82) is 0 Å². The molecule has 0 aliphatic carbocycles. The zero-order valence-electron chi connectivity index (χ0n) is 17.1. The molecule has 2 heterocycles. The average molecular weight is 442 g/mol. The van der Waals surface area contributed by atoms with Crippen molar-refractivity contribution in [3.63, 3.8) is 0 Å². The van der Waals surface area contributed by atoms with Crippen molar-refractivity contribution < 1.29 is 14.3 Å². The SMILES string of the molecule is Cc1nc(NCCNC(=O)[C@H](C)OC(N)=O)cc(Nc2ncc(-c3ccccc3)s2)n1. The van der Waals surface area contributed by atoms with Crippen LogP contribution in [0.4, 0.5) is 21.6 Å². The lowest BCUT2D eigenvalue weighted by molar-refractivity contribution is -0.128. The first-order valence-electron chi connectivity index (χ1n) is 9.52. The summed E-state index contributed by atoms with van der Waals surface area (Å²) in [7, 11) is 0. The molecule has 3 aromatic rings. The standard InChI is InChI=1S/C20H23N7O3S/c1-12(30-19(21)29)18(28)23-9-8-22-16-10-17(26-13(2)25-16)27-20-24-11-15(31-20)14-6-4-3-5-7-14/h3-7,10-12H,8-9H2,1-2H3,(H2,21,29)(H,23,28)(H2,22,24,25,26,27)/t12-/m0/s1. The van der Waals surface area contributed by atoms with Gasteiger partial charge in [0.2, 0.25) is 0 Å². The fraction of sp³-hybridized carbons (Fsp3) is 0.250. The van der Waals surface area contributed by atoms with E-state index in [2.05, 4.69) is 35.6 Å². The first kappa shape index (κ1) is 22.0. The van der Waals surface area contributed by atoms with Crippen LogP contribution in [0.3, 0.4) is 0 Å². The maximum Gasteiger partial charge on any atom is 0.405 e. The van der Waals surface area contributed by atoms with E-state index in [-0.39, 0.29) is 0 Å². The lowest BCUT2D eigenvalue weighted by Gasteiger charge is -2.12. The summed E-state index contributed by atoms with van der Waals surface area (Å²) in [6, 6.07) is 11.8. The van der Waals surface area contributed by atoms with Crippen molar-refractivity contribution >= 4 is 40.1 Å². The lowest BCUT2D eigenvalue weighted by atomic mass is 10.2. The third kappa shape index (κ3) is 6.64. The molecule has 0 saturated heterocycles. The van der Waals surface area contributed by atoms with E-state index in [0.29, 0.717) is 30.5 Å². The smallest absolute Gasteiger partial charge is 0.405 e. The van der Waals surface area contributed by atoms with Gasteiger partial charge in [-0.3, -0.25) is 4.79 Å². The molecule has 2 aromatic heterocycles. The minimum atomic E-state index is -0.992. The Morgan fingerprint density at radius 2 is 1.90 bits per heavy atom. The number of carbonyl (C=O) groups excluding carboxylic acids is 2. The van der Waals surface area contributed by atoms with Gasteiger partial charge in [0, 0.05) is 25.4 Å². The van der Waals surface area contributed by atoms with Gasteiger partial charge in [0.25, 0.3) is 5.91 Å². The average Bonchev–Trinajstić information content (AvgIpc) is 3.19. The van der Waals surface area contributed by atoms with E-state index >= 15 is 0 Å². The Morgan fingerprint density at radius 1 is 1.16 bits per heavy atom. The number of primary amides is 1. The molecule has 162 valence electrons. The number of carbonyl (C=O) groups is 2. The van der Waals surface area contributed by atoms with E-state index in [1.165, 1.54) is 18.3 Å². The zero-order chi connectivity index (χ0) is 22.2. The number of aryl methyl sites for hydroxylation is 1. The summed E-state index contributed by atoms with van der Waals surface area (Å²) in [4.78, 5) is 36.7. The van der Waals surface area contributed by atoms with E-state index in [1.807, 2.05) is 36.5 Å². The molecule has 11 heteroatoms. The number of nitrogens with zero attached hydrogens (tertiary/aromatic N) is 3.